The highest BCUT2D eigenvalue weighted by Crippen LogP contribution is 2.02. The molecule has 13 heavy (non-hydrogen) atoms. The fourth-order valence-corrected chi connectivity index (χ4v) is 1.52. The van der Waals surface area contributed by atoms with E-state index in [9.17, 15) is 0 Å². The number of hydrogen-bond acceptors (Lipinski definition) is 2. The molecule has 0 aliphatic rings. The van der Waals surface area contributed by atoms with Crippen LogP contribution in [0.4, 0.5) is 0 Å². The van der Waals surface area contributed by atoms with Crippen molar-refractivity contribution in [1.82, 2.24) is 14.7 Å². The number of aryl methyl sites for hydroxylation is 1. The van der Waals surface area contributed by atoms with Crippen LogP contribution in [0.1, 0.15) is 12.5 Å². The van der Waals surface area contributed by atoms with E-state index in [-0.39, 0.29) is 0 Å². The fraction of sp³-hybridized carbons (Fsp3) is 0.667. The first kappa shape index (κ1) is 10.5. The van der Waals surface area contributed by atoms with E-state index in [1.165, 1.54) is 5.56 Å². The molecule has 0 N–H and O–H groups in total. The first-order chi connectivity index (χ1) is 6.26. The topological polar surface area (TPSA) is 21.1 Å². The number of aromatic nitrogens is 2. The van der Waals surface area contributed by atoms with Gasteiger partial charge < -0.3 is 0 Å². The van der Waals surface area contributed by atoms with Gasteiger partial charge in [-0.25, -0.2) is 0 Å². The molecule has 0 amide bonds. The Morgan fingerprint density at radius 2 is 2.38 bits per heavy atom. The van der Waals surface area contributed by atoms with Crippen molar-refractivity contribution in [3.63, 3.8) is 0 Å². The first-order valence-electron chi connectivity index (χ1n) is 4.52. The maximum Gasteiger partial charge on any atom is 0.0534 e. The Bertz CT molecular complexity index is 247. The van der Waals surface area contributed by atoms with Crippen LogP contribution in [0.25, 0.3) is 0 Å². The van der Waals surface area contributed by atoms with Gasteiger partial charge in [-0.15, -0.1) is 11.6 Å². The van der Waals surface area contributed by atoms with Crippen LogP contribution < -0.4 is 0 Å². The van der Waals surface area contributed by atoms with Crippen molar-refractivity contribution in [3.05, 3.63) is 18.0 Å². The standard InChI is InChI=1S/C9H16ClN3/c1-3-13(5-4-10)8-9-6-11-12(2)7-9/h6-7H,3-5,8H2,1-2H3. The molecular weight excluding hydrogens is 186 g/mol. The Balaban J connectivity index is 2.46. The van der Waals surface area contributed by atoms with Gasteiger partial charge in [-0.2, -0.15) is 5.10 Å². The van der Waals surface area contributed by atoms with Gasteiger partial charge in [0, 0.05) is 37.8 Å². The molecule has 0 aliphatic carbocycles. The molecule has 0 spiro atoms. The number of nitrogens with zero attached hydrogens (tertiary/aromatic N) is 3. The molecule has 1 rings (SSSR count). The van der Waals surface area contributed by atoms with Crippen molar-refractivity contribution in [2.75, 3.05) is 19.0 Å². The summed E-state index contributed by atoms with van der Waals surface area (Å²) in [6.07, 6.45) is 3.94. The molecule has 0 fully saturated rings. The molecule has 1 aromatic heterocycles. The summed E-state index contributed by atoms with van der Waals surface area (Å²) in [5.41, 5.74) is 1.24. The highest BCUT2D eigenvalue weighted by Gasteiger charge is 2.03. The lowest BCUT2D eigenvalue weighted by Gasteiger charge is -2.17. The SMILES string of the molecule is CCN(CCCl)Cc1cnn(C)c1. The molecular formula is C9H16ClN3. The van der Waals surface area contributed by atoms with Crippen LogP contribution in [-0.4, -0.2) is 33.6 Å². The zero-order chi connectivity index (χ0) is 9.68. The smallest absolute Gasteiger partial charge is 0.0534 e. The lowest BCUT2D eigenvalue weighted by atomic mass is 10.3. The Kier molecular flexibility index (Phi) is 4.25. The van der Waals surface area contributed by atoms with Crippen LogP contribution in [0.15, 0.2) is 12.4 Å². The van der Waals surface area contributed by atoms with Crippen LogP contribution in [0, 0.1) is 0 Å². The minimum atomic E-state index is 0.689. The third-order valence-electron chi connectivity index (χ3n) is 2.01. The second-order valence-electron chi connectivity index (χ2n) is 3.08. The molecule has 0 aliphatic heterocycles. The summed E-state index contributed by atoms with van der Waals surface area (Å²) in [6.45, 7) is 5.05. The maximum absolute atomic E-state index is 5.68. The molecule has 0 aromatic carbocycles. The lowest BCUT2D eigenvalue weighted by Crippen LogP contribution is -2.24. The monoisotopic (exact) mass is 201 g/mol. The number of halogens is 1. The molecule has 0 radical (unpaired) electrons. The molecule has 1 heterocycles. The number of alkyl halides is 1. The number of rotatable bonds is 5. The van der Waals surface area contributed by atoms with E-state index in [1.54, 1.807) is 0 Å². The normalized spacial score (nSPS) is 11.1. The second-order valence-corrected chi connectivity index (χ2v) is 3.46. The van der Waals surface area contributed by atoms with E-state index in [0.29, 0.717) is 5.88 Å². The average molecular weight is 202 g/mol. The van der Waals surface area contributed by atoms with Crippen molar-refractivity contribution in [3.8, 4) is 0 Å². The maximum atomic E-state index is 5.68. The minimum absolute atomic E-state index is 0.689. The molecule has 0 saturated carbocycles. The molecule has 0 saturated heterocycles. The van der Waals surface area contributed by atoms with E-state index in [0.717, 1.165) is 19.6 Å². The third kappa shape index (κ3) is 3.36. The Labute approximate surface area is 84.3 Å². The fourth-order valence-electron chi connectivity index (χ4n) is 1.28. The Morgan fingerprint density at radius 1 is 1.62 bits per heavy atom. The van der Waals surface area contributed by atoms with Gasteiger partial charge in [0.05, 0.1) is 6.20 Å². The molecule has 0 unspecified atom stereocenters. The molecule has 3 nitrogen and oxygen atoms in total. The van der Waals surface area contributed by atoms with Crippen molar-refractivity contribution in [2.24, 2.45) is 7.05 Å². The van der Waals surface area contributed by atoms with Crippen molar-refractivity contribution >= 4 is 11.6 Å². The predicted octanol–water partition coefficient (Wildman–Crippen LogP) is 1.48. The zero-order valence-corrected chi connectivity index (χ0v) is 8.96. The Morgan fingerprint density at radius 3 is 2.85 bits per heavy atom. The van der Waals surface area contributed by atoms with E-state index in [4.69, 9.17) is 11.6 Å². The zero-order valence-electron chi connectivity index (χ0n) is 8.20. The molecule has 0 atom stereocenters. The van der Waals surface area contributed by atoms with Crippen molar-refractivity contribution in [2.45, 2.75) is 13.5 Å². The molecule has 4 heteroatoms. The molecule has 74 valence electrons. The second kappa shape index (κ2) is 5.25. The largest absolute Gasteiger partial charge is 0.298 e. The van der Waals surface area contributed by atoms with E-state index in [1.807, 2.05) is 24.1 Å². The lowest BCUT2D eigenvalue weighted by molar-refractivity contribution is 0.297. The Hall–Kier alpha value is -0.540. The van der Waals surface area contributed by atoms with Crippen LogP contribution in [0.5, 0.6) is 0 Å². The summed E-state index contributed by atoms with van der Waals surface area (Å²) in [7, 11) is 1.93. The highest BCUT2D eigenvalue weighted by atomic mass is 35.5. The van der Waals surface area contributed by atoms with Gasteiger partial charge in [0.2, 0.25) is 0 Å². The van der Waals surface area contributed by atoms with Crippen LogP contribution in [-0.2, 0) is 13.6 Å². The van der Waals surface area contributed by atoms with Gasteiger partial charge in [0.1, 0.15) is 0 Å². The van der Waals surface area contributed by atoms with Gasteiger partial charge >= 0.3 is 0 Å². The summed E-state index contributed by atoms with van der Waals surface area (Å²) in [5, 5.41) is 4.12. The summed E-state index contributed by atoms with van der Waals surface area (Å²) < 4.78 is 1.82. The van der Waals surface area contributed by atoms with Gasteiger partial charge in [-0.05, 0) is 6.54 Å². The van der Waals surface area contributed by atoms with Crippen LogP contribution in [0.3, 0.4) is 0 Å². The first-order valence-corrected chi connectivity index (χ1v) is 5.05. The minimum Gasteiger partial charge on any atom is -0.298 e. The van der Waals surface area contributed by atoms with Gasteiger partial charge in [0.25, 0.3) is 0 Å². The van der Waals surface area contributed by atoms with E-state index >= 15 is 0 Å². The van der Waals surface area contributed by atoms with Gasteiger partial charge in [-0.3, -0.25) is 9.58 Å². The van der Waals surface area contributed by atoms with Crippen molar-refractivity contribution < 1.29 is 0 Å². The van der Waals surface area contributed by atoms with E-state index in [2.05, 4.69) is 16.9 Å². The molecule has 0 bridgehead atoms. The quantitative estimate of drug-likeness (QED) is 0.673. The summed E-state index contributed by atoms with van der Waals surface area (Å²) in [6, 6.07) is 0. The van der Waals surface area contributed by atoms with Gasteiger partial charge in [0.15, 0.2) is 0 Å². The third-order valence-corrected chi connectivity index (χ3v) is 2.18. The summed E-state index contributed by atoms with van der Waals surface area (Å²) >= 11 is 5.68. The number of hydrogen-bond donors (Lipinski definition) is 0. The predicted molar refractivity (Wildman–Crippen MR) is 54.9 cm³/mol. The highest BCUT2D eigenvalue weighted by molar-refractivity contribution is 6.18. The van der Waals surface area contributed by atoms with Crippen molar-refractivity contribution in [1.29, 1.82) is 0 Å². The summed E-state index contributed by atoms with van der Waals surface area (Å²) in [4.78, 5) is 2.30. The van der Waals surface area contributed by atoms with Gasteiger partial charge in [-0.1, -0.05) is 6.92 Å². The summed E-state index contributed by atoms with van der Waals surface area (Å²) in [5.74, 6) is 0.689. The average Bonchev–Trinajstić information content (AvgIpc) is 2.50. The van der Waals surface area contributed by atoms with E-state index < -0.39 is 0 Å². The van der Waals surface area contributed by atoms with Crippen LogP contribution in [0.2, 0.25) is 0 Å². The molecule has 1 aromatic rings. The van der Waals surface area contributed by atoms with Crippen LogP contribution >= 0.6 is 11.6 Å².